The van der Waals surface area contributed by atoms with Gasteiger partial charge in [0.1, 0.15) is 6.10 Å². The highest BCUT2D eigenvalue weighted by Gasteiger charge is 2.29. The fraction of sp³-hybridized carbons (Fsp3) is 0.727. The lowest BCUT2D eigenvalue weighted by Crippen LogP contribution is -2.41. The summed E-state index contributed by atoms with van der Waals surface area (Å²) >= 11 is 0. The molecule has 0 aliphatic rings. The van der Waals surface area contributed by atoms with Crippen LogP contribution in [0.5, 0.6) is 0 Å². The van der Waals surface area contributed by atoms with E-state index in [1.54, 1.807) is 30.2 Å². The minimum atomic E-state index is -1.01. The van der Waals surface area contributed by atoms with E-state index in [4.69, 9.17) is 0 Å². The maximum Gasteiger partial charge on any atom is 0.100 e. The lowest BCUT2D eigenvalue weighted by Gasteiger charge is -2.29. The minimum absolute atomic E-state index is 0.386. The van der Waals surface area contributed by atoms with Crippen LogP contribution in [-0.4, -0.2) is 31.5 Å². The van der Waals surface area contributed by atoms with Gasteiger partial charge in [-0.2, -0.15) is 0 Å². The number of unbranched alkanes of at least 4 members (excludes halogenated alkanes) is 1. The Hall–Kier alpha value is -0.870. The van der Waals surface area contributed by atoms with Crippen LogP contribution in [0, 0.1) is 0 Å². The van der Waals surface area contributed by atoms with Crippen LogP contribution in [0.1, 0.15) is 33.1 Å². The van der Waals surface area contributed by atoms with E-state index >= 15 is 0 Å². The van der Waals surface area contributed by atoms with Crippen LogP contribution < -0.4 is 0 Å². The molecule has 1 aromatic heterocycles. The monoisotopic (exact) mass is 212 g/mol. The molecule has 0 saturated heterocycles. The Bertz CT molecular complexity index is 270. The predicted octanol–water partition coefficient (Wildman–Crippen LogP) is 1.19. The van der Waals surface area contributed by atoms with Gasteiger partial charge in [-0.3, -0.25) is 0 Å². The summed E-state index contributed by atoms with van der Waals surface area (Å²) in [5.74, 6) is 0. The quantitative estimate of drug-likeness (QED) is 0.744. The van der Waals surface area contributed by atoms with Crippen molar-refractivity contribution in [2.75, 3.05) is 0 Å². The molecule has 2 N–H and O–H groups in total. The SMILES string of the molecule is CCCCC(C)(O)C(O)Cn1ccnc1. The summed E-state index contributed by atoms with van der Waals surface area (Å²) in [6.45, 7) is 4.14. The van der Waals surface area contributed by atoms with Crippen LogP contribution >= 0.6 is 0 Å². The third-order valence-electron chi connectivity index (χ3n) is 2.70. The number of rotatable bonds is 6. The smallest absolute Gasteiger partial charge is 0.100 e. The third kappa shape index (κ3) is 3.64. The maximum absolute atomic E-state index is 10.0. The van der Waals surface area contributed by atoms with Crippen LogP contribution in [-0.2, 0) is 6.54 Å². The molecular weight excluding hydrogens is 192 g/mol. The van der Waals surface area contributed by atoms with Gasteiger partial charge in [-0.1, -0.05) is 19.8 Å². The Morgan fingerprint density at radius 1 is 1.53 bits per heavy atom. The molecule has 1 rings (SSSR count). The second-order valence-corrected chi connectivity index (χ2v) is 4.24. The molecule has 0 radical (unpaired) electrons. The van der Waals surface area contributed by atoms with Crippen molar-refractivity contribution in [1.29, 1.82) is 0 Å². The number of imidazole rings is 1. The Morgan fingerprint density at radius 2 is 2.27 bits per heavy atom. The summed E-state index contributed by atoms with van der Waals surface area (Å²) in [6.07, 6.45) is 6.89. The Labute approximate surface area is 90.6 Å². The van der Waals surface area contributed by atoms with Crippen molar-refractivity contribution in [1.82, 2.24) is 9.55 Å². The van der Waals surface area contributed by atoms with E-state index in [-0.39, 0.29) is 0 Å². The second-order valence-electron chi connectivity index (χ2n) is 4.24. The number of hydrogen-bond donors (Lipinski definition) is 2. The van der Waals surface area contributed by atoms with Gasteiger partial charge in [0.15, 0.2) is 0 Å². The lowest BCUT2D eigenvalue weighted by atomic mass is 9.92. The Kier molecular flexibility index (Phi) is 4.29. The third-order valence-corrected chi connectivity index (χ3v) is 2.70. The first kappa shape index (κ1) is 12.2. The highest BCUT2D eigenvalue weighted by atomic mass is 16.3. The van der Waals surface area contributed by atoms with Gasteiger partial charge < -0.3 is 14.8 Å². The molecule has 86 valence electrons. The fourth-order valence-electron chi connectivity index (χ4n) is 1.49. The Balaban J connectivity index is 2.47. The van der Waals surface area contributed by atoms with E-state index in [9.17, 15) is 10.2 Å². The van der Waals surface area contributed by atoms with Crippen molar-refractivity contribution in [3.63, 3.8) is 0 Å². The Morgan fingerprint density at radius 3 is 2.80 bits per heavy atom. The van der Waals surface area contributed by atoms with Gasteiger partial charge in [-0.05, 0) is 13.3 Å². The normalized spacial score (nSPS) is 17.3. The van der Waals surface area contributed by atoms with Crippen LogP contribution in [0.25, 0.3) is 0 Å². The summed E-state index contributed by atoms with van der Waals surface area (Å²) in [7, 11) is 0. The van der Waals surface area contributed by atoms with Crippen LogP contribution in [0.2, 0.25) is 0 Å². The molecule has 0 aliphatic carbocycles. The summed E-state index contributed by atoms with van der Waals surface area (Å²) in [5, 5.41) is 19.9. The van der Waals surface area contributed by atoms with E-state index in [1.807, 2.05) is 0 Å². The first-order chi connectivity index (χ1) is 7.06. The number of aliphatic hydroxyl groups is 2. The number of hydrogen-bond acceptors (Lipinski definition) is 3. The summed E-state index contributed by atoms with van der Waals surface area (Å²) in [5.41, 5.74) is -1.01. The fourth-order valence-corrected chi connectivity index (χ4v) is 1.49. The zero-order valence-corrected chi connectivity index (χ0v) is 9.43. The van der Waals surface area contributed by atoms with Crippen molar-refractivity contribution in [3.05, 3.63) is 18.7 Å². The van der Waals surface area contributed by atoms with Crippen LogP contribution in [0.3, 0.4) is 0 Å². The van der Waals surface area contributed by atoms with Crippen molar-refractivity contribution in [2.24, 2.45) is 0 Å². The molecule has 0 saturated carbocycles. The zero-order chi connectivity index (χ0) is 11.3. The van der Waals surface area contributed by atoms with Crippen molar-refractivity contribution < 1.29 is 10.2 Å². The predicted molar refractivity (Wildman–Crippen MR) is 58.4 cm³/mol. The van der Waals surface area contributed by atoms with Gasteiger partial charge in [0.25, 0.3) is 0 Å². The molecule has 15 heavy (non-hydrogen) atoms. The molecule has 0 aliphatic heterocycles. The van der Waals surface area contributed by atoms with Gasteiger partial charge in [-0.25, -0.2) is 4.98 Å². The molecule has 0 bridgehead atoms. The lowest BCUT2D eigenvalue weighted by molar-refractivity contribution is -0.0746. The number of nitrogens with zero attached hydrogens (tertiary/aromatic N) is 2. The topological polar surface area (TPSA) is 58.3 Å². The van der Waals surface area contributed by atoms with E-state index in [1.165, 1.54) is 0 Å². The highest BCUT2D eigenvalue weighted by Crippen LogP contribution is 2.19. The van der Waals surface area contributed by atoms with Gasteiger partial charge in [0.2, 0.25) is 0 Å². The van der Waals surface area contributed by atoms with Crippen molar-refractivity contribution >= 4 is 0 Å². The van der Waals surface area contributed by atoms with E-state index in [0.717, 1.165) is 12.8 Å². The van der Waals surface area contributed by atoms with E-state index < -0.39 is 11.7 Å². The maximum atomic E-state index is 10.0. The molecular formula is C11H20N2O2. The highest BCUT2D eigenvalue weighted by molar-refractivity contribution is 4.84. The van der Waals surface area contributed by atoms with Gasteiger partial charge in [0.05, 0.1) is 18.5 Å². The average molecular weight is 212 g/mol. The van der Waals surface area contributed by atoms with Crippen molar-refractivity contribution in [2.45, 2.75) is 51.4 Å². The van der Waals surface area contributed by atoms with E-state index in [0.29, 0.717) is 13.0 Å². The molecule has 1 heterocycles. The number of aromatic nitrogens is 2. The largest absolute Gasteiger partial charge is 0.388 e. The van der Waals surface area contributed by atoms with Crippen LogP contribution in [0.15, 0.2) is 18.7 Å². The summed E-state index contributed by atoms with van der Waals surface area (Å²) < 4.78 is 1.77. The molecule has 0 spiro atoms. The molecule has 1 aromatic rings. The molecule has 2 atom stereocenters. The number of aliphatic hydroxyl groups excluding tert-OH is 1. The zero-order valence-electron chi connectivity index (χ0n) is 9.43. The van der Waals surface area contributed by atoms with Crippen molar-refractivity contribution in [3.8, 4) is 0 Å². The van der Waals surface area contributed by atoms with E-state index in [2.05, 4.69) is 11.9 Å². The van der Waals surface area contributed by atoms with Crippen LogP contribution in [0.4, 0.5) is 0 Å². The first-order valence-corrected chi connectivity index (χ1v) is 5.42. The molecule has 4 nitrogen and oxygen atoms in total. The first-order valence-electron chi connectivity index (χ1n) is 5.42. The standard InChI is InChI=1S/C11H20N2O2/c1-3-4-5-11(2,15)10(14)8-13-7-6-12-9-13/h6-7,9-10,14-15H,3-5,8H2,1-2H3. The minimum Gasteiger partial charge on any atom is -0.388 e. The second kappa shape index (κ2) is 5.28. The molecule has 0 aromatic carbocycles. The molecule has 4 heteroatoms. The molecule has 0 fully saturated rings. The molecule has 0 amide bonds. The van der Waals surface area contributed by atoms with Gasteiger partial charge >= 0.3 is 0 Å². The molecule has 2 unspecified atom stereocenters. The summed E-state index contributed by atoms with van der Waals surface area (Å²) in [4.78, 5) is 3.89. The summed E-state index contributed by atoms with van der Waals surface area (Å²) in [6, 6.07) is 0. The van der Waals surface area contributed by atoms with Gasteiger partial charge in [0, 0.05) is 12.4 Å². The van der Waals surface area contributed by atoms with Gasteiger partial charge in [-0.15, -0.1) is 0 Å². The average Bonchev–Trinajstić information content (AvgIpc) is 2.67.